The zero-order chi connectivity index (χ0) is 23.0. The molecule has 0 radical (unpaired) electrons. The van der Waals surface area contributed by atoms with Gasteiger partial charge in [-0.1, -0.05) is 17.6 Å². The van der Waals surface area contributed by atoms with E-state index in [2.05, 4.69) is 21.1 Å². The van der Waals surface area contributed by atoms with E-state index >= 15 is 0 Å². The summed E-state index contributed by atoms with van der Waals surface area (Å²) in [7, 11) is 0. The van der Waals surface area contributed by atoms with Crippen LogP contribution in [0.2, 0.25) is 0 Å². The monoisotopic (exact) mass is 492 g/mol. The van der Waals surface area contributed by atoms with E-state index in [1.165, 1.54) is 11.3 Å². The van der Waals surface area contributed by atoms with E-state index in [1.54, 1.807) is 6.07 Å². The van der Waals surface area contributed by atoms with Gasteiger partial charge >= 0.3 is 12.0 Å². The molecule has 2 aliphatic rings. The number of aromatic nitrogens is 1. The number of unbranched alkanes of at least 4 members (excludes halogenated alkanes) is 2. The maximum Gasteiger partial charge on any atom is 0.315 e. The number of thiophene rings is 1. The summed E-state index contributed by atoms with van der Waals surface area (Å²) < 4.78 is 10.5. The van der Waals surface area contributed by atoms with Crippen LogP contribution in [-0.4, -0.2) is 59.3 Å². The Morgan fingerprint density at radius 3 is 3.00 bits per heavy atom. The molecule has 0 aliphatic carbocycles. The van der Waals surface area contributed by atoms with Gasteiger partial charge in [0.1, 0.15) is 0 Å². The van der Waals surface area contributed by atoms with Crippen LogP contribution in [0.1, 0.15) is 49.0 Å². The average molecular weight is 493 g/mol. The average Bonchev–Trinajstić information content (AvgIpc) is 3.58. The molecular formula is C22H28N4O5S2. The first-order valence-corrected chi connectivity index (χ1v) is 13.2. The Morgan fingerprint density at radius 1 is 1.24 bits per heavy atom. The summed E-state index contributed by atoms with van der Waals surface area (Å²) in [5.41, 5.74) is 0.253. The van der Waals surface area contributed by atoms with Crippen LogP contribution in [-0.2, 0) is 9.53 Å². The molecule has 2 aliphatic heterocycles. The van der Waals surface area contributed by atoms with Gasteiger partial charge in [-0.05, 0) is 37.1 Å². The molecule has 178 valence electrons. The minimum atomic E-state index is -0.279. The first-order valence-electron chi connectivity index (χ1n) is 11.2. The molecule has 0 aromatic carbocycles. The molecule has 0 spiro atoms. The van der Waals surface area contributed by atoms with Crippen molar-refractivity contribution in [3.8, 4) is 10.6 Å². The molecule has 2 aromatic heterocycles. The third-order valence-electron chi connectivity index (χ3n) is 5.68. The summed E-state index contributed by atoms with van der Waals surface area (Å²) in [6, 6.07) is 5.83. The Balaban J connectivity index is 1.01. The van der Waals surface area contributed by atoms with Gasteiger partial charge in [0.25, 0.3) is 5.91 Å². The van der Waals surface area contributed by atoms with Crippen LogP contribution in [0.4, 0.5) is 4.79 Å². The molecule has 4 heterocycles. The number of carbonyl (C=O) groups excluding carboxylic acids is 3. The fourth-order valence-corrected chi connectivity index (χ4v) is 6.17. The summed E-state index contributed by atoms with van der Waals surface area (Å²) in [6.07, 6.45) is 4.51. The predicted molar refractivity (Wildman–Crippen MR) is 126 cm³/mol. The van der Waals surface area contributed by atoms with E-state index in [1.807, 2.05) is 29.3 Å². The number of fused-ring (bicyclic) bond motifs is 1. The number of esters is 1. The van der Waals surface area contributed by atoms with Gasteiger partial charge < -0.3 is 25.2 Å². The van der Waals surface area contributed by atoms with Gasteiger partial charge in [0, 0.05) is 30.0 Å². The molecular weight excluding hydrogens is 464 g/mol. The Labute approximate surface area is 200 Å². The lowest BCUT2D eigenvalue weighted by molar-refractivity contribution is -0.143. The van der Waals surface area contributed by atoms with Gasteiger partial charge in [-0.15, -0.1) is 11.3 Å². The van der Waals surface area contributed by atoms with Crippen LogP contribution >= 0.6 is 23.1 Å². The second-order valence-electron chi connectivity index (χ2n) is 8.10. The van der Waals surface area contributed by atoms with Crippen molar-refractivity contribution >= 4 is 41.0 Å². The van der Waals surface area contributed by atoms with Gasteiger partial charge in [0.05, 0.1) is 23.6 Å². The quantitative estimate of drug-likeness (QED) is 0.236. The van der Waals surface area contributed by atoms with Gasteiger partial charge in [-0.25, -0.2) is 4.79 Å². The topological polar surface area (TPSA) is 123 Å². The summed E-state index contributed by atoms with van der Waals surface area (Å²) >= 11 is 3.41. The Bertz CT molecular complexity index is 948. The van der Waals surface area contributed by atoms with E-state index in [9.17, 15) is 14.4 Å². The van der Waals surface area contributed by atoms with Crippen LogP contribution in [0.25, 0.3) is 10.6 Å². The van der Waals surface area contributed by atoms with Gasteiger partial charge in [0.15, 0.2) is 11.5 Å². The highest BCUT2D eigenvalue weighted by Gasteiger charge is 2.42. The third-order valence-corrected chi connectivity index (χ3v) is 8.08. The van der Waals surface area contributed by atoms with E-state index in [4.69, 9.17) is 9.26 Å². The minimum absolute atomic E-state index is 0.0696. The molecule has 33 heavy (non-hydrogen) atoms. The predicted octanol–water partition coefficient (Wildman–Crippen LogP) is 3.18. The minimum Gasteiger partial charge on any atom is -0.466 e. The number of thioether (sulfide) groups is 1. The second-order valence-corrected chi connectivity index (χ2v) is 10.3. The summed E-state index contributed by atoms with van der Waals surface area (Å²) in [4.78, 5) is 36.4. The normalized spacial score (nSPS) is 21.3. The van der Waals surface area contributed by atoms with Crippen LogP contribution < -0.4 is 16.0 Å². The Hall–Kier alpha value is -2.53. The molecule has 2 saturated heterocycles. The van der Waals surface area contributed by atoms with Crippen LogP contribution in [0.5, 0.6) is 0 Å². The van der Waals surface area contributed by atoms with E-state index < -0.39 is 0 Å². The fraction of sp³-hybridized carbons (Fsp3) is 0.545. The maximum absolute atomic E-state index is 12.1. The van der Waals surface area contributed by atoms with E-state index in [-0.39, 0.29) is 35.7 Å². The van der Waals surface area contributed by atoms with Crippen molar-refractivity contribution in [3.63, 3.8) is 0 Å². The smallest absolute Gasteiger partial charge is 0.315 e. The lowest BCUT2D eigenvalue weighted by Gasteiger charge is -2.16. The summed E-state index contributed by atoms with van der Waals surface area (Å²) in [5.74, 6) is 1.06. The number of amides is 3. The van der Waals surface area contributed by atoms with Crippen molar-refractivity contribution in [1.29, 1.82) is 0 Å². The SMILES string of the molecule is O=C1N[C@H]2[C@H](CS[C@H]2CCCCC(=O)OCCCCNC(=O)c2cc(-c3cccs3)on2)N1. The molecule has 11 heteroatoms. The van der Waals surface area contributed by atoms with Gasteiger partial charge in [-0.2, -0.15) is 11.8 Å². The maximum atomic E-state index is 12.1. The molecule has 9 nitrogen and oxygen atoms in total. The number of carbonyl (C=O) groups is 3. The summed E-state index contributed by atoms with van der Waals surface area (Å²) in [6.45, 7) is 0.825. The molecule has 4 rings (SSSR count). The zero-order valence-electron chi connectivity index (χ0n) is 18.2. The molecule has 3 N–H and O–H groups in total. The van der Waals surface area contributed by atoms with Crippen molar-refractivity contribution in [1.82, 2.24) is 21.1 Å². The Morgan fingerprint density at radius 2 is 2.15 bits per heavy atom. The number of ether oxygens (including phenoxy) is 1. The molecule has 0 saturated carbocycles. The fourth-order valence-electron chi connectivity index (χ4n) is 3.95. The van der Waals surface area contributed by atoms with E-state index in [0.29, 0.717) is 43.4 Å². The van der Waals surface area contributed by atoms with Crippen molar-refractivity contribution < 1.29 is 23.6 Å². The second kappa shape index (κ2) is 11.6. The lowest BCUT2D eigenvalue weighted by atomic mass is 10.0. The molecule has 0 unspecified atom stereocenters. The van der Waals surface area contributed by atoms with Crippen LogP contribution in [0, 0.1) is 0 Å². The summed E-state index contributed by atoms with van der Waals surface area (Å²) in [5, 5.41) is 14.9. The largest absolute Gasteiger partial charge is 0.466 e. The van der Waals surface area contributed by atoms with Gasteiger partial charge in [0.2, 0.25) is 0 Å². The van der Waals surface area contributed by atoms with Crippen molar-refractivity contribution in [2.45, 2.75) is 55.9 Å². The third kappa shape index (κ3) is 6.50. The molecule has 3 amide bonds. The number of hydrogen-bond donors (Lipinski definition) is 3. The Kier molecular flexibility index (Phi) is 8.27. The number of hydrogen-bond acceptors (Lipinski definition) is 8. The van der Waals surface area contributed by atoms with Gasteiger partial charge in [-0.3, -0.25) is 9.59 Å². The number of nitrogens with zero attached hydrogens (tertiary/aromatic N) is 1. The highest BCUT2D eigenvalue weighted by Crippen LogP contribution is 2.33. The number of rotatable bonds is 12. The molecule has 3 atom stereocenters. The van der Waals surface area contributed by atoms with Crippen LogP contribution in [0.15, 0.2) is 28.1 Å². The molecule has 0 bridgehead atoms. The molecule has 2 fully saturated rings. The van der Waals surface area contributed by atoms with Crippen molar-refractivity contribution in [2.24, 2.45) is 0 Å². The first kappa shape index (κ1) is 23.6. The lowest BCUT2D eigenvalue weighted by Crippen LogP contribution is -2.36. The van der Waals surface area contributed by atoms with E-state index in [0.717, 1.165) is 29.9 Å². The zero-order valence-corrected chi connectivity index (χ0v) is 19.8. The first-order chi connectivity index (χ1) is 16.1. The van der Waals surface area contributed by atoms with Crippen molar-refractivity contribution in [2.75, 3.05) is 18.9 Å². The number of nitrogens with one attached hydrogen (secondary N) is 3. The molecule has 2 aromatic rings. The highest BCUT2D eigenvalue weighted by molar-refractivity contribution is 8.00. The van der Waals surface area contributed by atoms with Crippen LogP contribution in [0.3, 0.4) is 0 Å². The standard InChI is InChI=1S/C22H28N4O5S2/c27-19(8-2-1-6-18-20-15(13-33-18)24-22(29)25-20)30-10-4-3-9-23-21(28)14-12-16(31-26-14)17-7-5-11-32-17/h5,7,11-12,15,18,20H,1-4,6,8-10,13H2,(H,23,28)(H2,24,25,29)/t15-,18-,20-/m0/s1. The highest BCUT2D eigenvalue weighted by atomic mass is 32.2. The number of urea groups is 1. The van der Waals surface area contributed by atoms with Crippen molar-refractivity contribution in [3.05, 3.63) is 29.3 Å².